The van der Waals surface area contributed by atoms with Crippen LogP contribution in [0.25, 0.3) is 0 Å². The third-order valence-corrected chi connectivity index (χ3v) is 8.34. The van der Waals surface area contributed by atoms with E-state index >= 15 is 0 Å². The van der Waals surface area contributed by atoms with Crippen LogP contribution in [-0.4, -0.2) is 11.6 Å². The van der Waals surface area contributed by atoms with Crippen molar-refractivity contribution in [3.63, 3.8) is 0 Å². The Morgan fingerprint density at radius 3 is 2.61 bits per heavy atom. The summed E-state index contributed by atoms with van der Waals surface area (Å²) in [7, 11) is 0. The molecule has 0 aromatic heterocycles. The van der Waals surface area contributed by atoms with Gasteiger partial charge in [-0.15, -0.1) is 0 Å². The SMILES string of the molecule is CC(=O)c1ccc(C2CC3=C4CC[C@]5(C)CCC[C@H]5[C@@H]4CCC3=CC2=O)cc1. The van der Waals surface area contributed by atoms with Gasteiger partial charge in [-0.3, -0.25) is 9.59 Å². The number of fused-ring (bicyclic) bond motifs is 4. The Hall–Kier alpha value is -1.96. The Morgan fingerprint density at radius 1 is 1.07 bits per heavy atom. The molecule has 0 bridgehead atoms. The molecule has 1 aromatic carbocycles. The van der Waals surface area contributed by atoms with Gasteiger partial charge >= 0.3 is 0 Å². The fourth-order valence-corrected chi connectivity index (χ4v) is 6.75. The predicted molar refractivity (Wildman–Crippen MR) is 111 cm³/mol. The van der Waals surface area contributed by atoms with E-state index in [2.05, 4.69) is 6.92 Å². The van der Waals surface area contributed by atoms with E-state index in [1.807, 2.05) is 30.3 Å². The molecule has 2 heteroatoms. The molecule has 0 N–H and O–H groups in total. The zero-order valence-electron chi connectivity index (χ0n) is 17.1. The molecule has 4 aliphatic carbocycles. The van der Waals surface area contributed by atoms with Gasteiger partial charge in [0.15, 0.2) is 11.6 Å². The average molecular weight is 375 g/mol. The van der Waals surface area contributed by atoms with E-state index < -0.39 is 0 Å². The number of allylic oxidation sites excluding steroid dienone is 4. The van der Waals surface area contributed by atoms with Crippen LogP contribution in [0.15, 0.2) is 47.1 Å². The van der Waals surface area contributed by atoms with E-state index in [0.29, 0.717) is 5.41 Å². The van der Waals surface area contributed by atoms with Gasteiger partial charge in [-0.25, -0.2) is 0 Å². The molecule has 0 amide bonds. The van der Waals surface area contributed by atoms with E-state index in [1.165, 1.54) is 49.7 Å². The molecule has 0 aliphatic heterocycles. The highest BCUT2D eigenvalue weighted by atomic mass is 16.1. The van der Waals surface area contributed by atoms with Crippen LogP contribution < -0.4 is 0 Å². The number of hydrogen-bond acceptors (Lipinski definition) is 2. The van der Waals surface area contributed by atoms with Crippen molar-refractivity contribution in [2.45, 2.75) is 71.1 Å². The molecule has 0 heterocycles. The first-order chi connectivity index (χ1) is 13.5. The van der Waals surface area contributed by atoms with Crippen molar-refractivity contribution in [2.75, 3.05) is 0 Å². The van der Waals surface area contributed by atoms with Crippen LogP contribution in [0, 0.1) is 17.3 Å². The molecular weight excluding hydrogens is 344 g/mol. The number of Topliss-reactive ketones (excluding diaryl/α,β-unsaturated/α-hetero) is 1. The van der Waals surface area contributed by atoms with Crippen molar-refractivity contribution in [1.29, 1.82) is 0 Å². The van der Waals surface area contributed by atoms with E-state index in [-0.39, 0.29) is 17.5 Å². The first-order valence-corrected chi connectivity index (χ1v) is 11.0. The lowest BCUT2D eigenvalue weighted by molar-refractivity contribution is -0.116. The first kappa shape index (κ1) is 18.1. The quantitative estimate of drug-likeness (QED) is 0.579. The van der Waals surface area contributed by atoms with Gasteiger partial charge in [-0.2, -0.15) is 0 Å². The highest BCUT2D eigenvalue weighted by molar-refractivity contribution is 5.99. The monoisotopic (exact) mass is 374 g/mol. The molecule has 0 spiro atoms. The van der Waals surface area contributed by atoms with Gasteiger partial charge in [0.25, 0.3) is 0 Å². The lowest BCUT2D eigenvalue weighted by Crippen LogP contribution is -2.37. The number of rotatable bonds is 2. The summed E-state index contributed by atoms with van der Waals surface area (Å²) < 4.78 is 0. The van der Waals surface area contributed by atoms with E-state index in [1.54, 1.807) is 12.5 Å². The second-order valence-electron chi connectivity index (χ2n) is 9.81. The minimum atomic E-state index is -0.0807. The van der Waals surface area contributed by atoms with Gasteiger partial charge in [0.05, 0.1) is 5.92 Å². The fraction of sp³-hybridized carbons (Fsp3) is 0.538. The maximum atomic E-state index is 12.9. The highest BCUT2D eigenvalue weighted by Crippen LogP contribution is 2.60. The van der Waals surface area contributed by atoms with Crippen LogP contribution in [0.1, 0.15) is 87.1 Å². The zero-order chi connectivity index (χ0) is 19.5. The third kappa shape index (κ3) is 2.76. The molecule has 1 aromatic rings. The van der Waals surface area contributed by atoms with Gasteiger partial charge in [-0.1, -0.05) is 43.2 Å². The second-order valence-corrected chi connectivity index (χ2v) is 9.81. The Bertz CT molecular complexity index is 901. The molecule has 4 atom stereocenters. The van der Waals surface area contributed by atoms with Crippen LogP contribution in [0.5, 0.6) is 0 Å². The summed E-state index contributed by atoms with van der Waals surface area (Å²) >= 11 is 0. The van der Waals surface area contributed by atoms with E-state index in [9.17, 15) is 9.59 Å². The number of carbonyl (C=O) groups excluding carboxylic acids is 2. The number of hydrogen-bond donors (Lipinski definition) is 0. The van der Waals surface area contributed by atoms with Crippen molar-refractivity contribution < 1.29 is 9.59 Å². The van der Waals surface area contributed by atoms with Crippen LogP contribution in [0.3, 0.4) is 0 Å². The van der Waals surface area contributed by atoms with E-state index in [4.69, 9.17) is 0 Å². The summed E-state index contributed by atoms with van der Waals surface area (Å²) in [5.41, 5.74) is 6.87. The van der Waals surface area contributed by atoms with Crippen LogP contribution in [0.2, 0.25) is 0 Å². The summed E-state index contributed by atoms with van der Waals surface area (Å²) in [4.78, 5) is 24.5. The number of benzene rings is 1. The lowest BCUT2D eigenvalue weighted by Gasteiger charge is -2.47. The van der Waals surface area contributed by atoms with Gasteiger partial charge in [-0.05, 0) is 91.9 Å². The average Bonchev–Trinajstić information content (AvgIpc) is 3.09. The smallest absolute Gasteiger partial charge is 0.163 e. The summed E-state index contributed by atoms with van der Waals surface area (Å²) in [5.74, 6) is 1.85. The van der Waals surface area contributed by atoms with Crippen molar-refractivity contribution in [3.8, 4) is 0 Å². The highest BCUT2D eigenvalue weighted by Gasteiger charge is 2.49. The molecule has 28 heavy (non-hydrogen) atoms. The number of carbonyl (C=O) groups is 2. The van der Waals surface area contributed by atoms with Gasteiger partial charge in [0.2, 0.25) is 0 Å². The van der Waals surface area contributed by atoms with Crippen LogP contribution in [-0.2, 0) is 4.79 Å². The Morgan fingerprint density at radius 2 is 1.86 bits per heavy atom. The molecule has 2 saturated carbocycles. The summed E-state index contributed by atoms with van der Waals surface area (Å²) in [6.07, 6.45) is 11.9. The maximum absolute atomic E-state index is 12.9. The van der Waals surface area contributed by atoms with Crippen LogP contribution >= 0.6 is 0 Å². The summed E-state index contributed by atoms with van der Waals surface area (Å²) in [6.45, 7) is 4.12. The molecule has 0 saturated heterocycles. The van der Waals surface area contributed by atoms with Crippen molar-refractivity contribution in [3.05, 3.63) is 58.2 Å². The van der Waals surface area contributed by atoms with Crippen molar-refractivity contribution >= 4 is 11.6 Å². The predicted octanol–water partition coefficient (Wildman–Crippen LogP) is 6.18. The molecule has 2 nitrogen and oxygen atoms in total. The van der Waals surface area contributed by atoms with Gasteiger partial charge in [0, 0.05) is 5.56 Å². The first-order valence-electron chi connectivity index (χ1n) is 11.0. The fourth-order valence-electron chi connectivity index (χ4n) is 6.75. The molecule has 0 radical (unpaired) electrons. The lowest BCUT2D eigenvalue weighted by atomic mass is 9.57. The Kier molecular flexibility index (Phi) is 4.23. The third-order valence-electron chi connectivity index (χ3n) is 8.34. The number of ketones is 2. The largest absolute Gasteiger partial charge is 0.295 e. The van der Waals surface area contributed by atoms with Crippen LogP contribution in [0.4, 0.5) is 0 Å². The Balaban J connectivity index is 1.49. The molecule has 1 unspecified atom stereocenters. The van der Waals surface area contributed by atoms with Crippen molar-refractivity contribution in [2.24, 2.45) is 17.3 Å². The minimum Gasteiger partial charge on any atom is -0.295 e. The molecule has 5 rings (SSSR count). The summed E-state index contributed by atoms with van der Waals surface area (Å²) in [5, 5.41) is 0. The van der Waals surface area contributed by atoms with Crippen molar-refractivity contribution in [1.82, 2.24) is 0 Å². The van der Waals surface area contributed by atoms with Gasteiger partial charge < -0.3 is 0 Å². The second kappa shape index (κ2) is 6.54. The molecule has 146 valence electrons. The summed E-state index contributed by atoms with van der Waals surface area (Å²) in [6, 6.07) is 7.71. The molecular formula is C26H30O2. The normalized spacial score (nSPS) is 34.4. The molecule has 4 aliphatic rings. The topological polar surface area (TPSA) is 34.1 Å². The van der Waals surface area contributed by atoms with Gasteiger partial charge in [0.1, 0.15) is 0 Å². The zero-order valence-corrected chi connectivity index (χ0v) is 17.1. The Labute approximate surface area is 168 Å². The molecule has 2 fully saturated rings. The van der Waals surface area contributed by atoms with E-state index in [0.717, 1.165) is 35.8 Å². The maximum Gasteiger partial charge on any atom is 0.163 e. The minimum absolute atomic E-state index is 0.0746. The standard InChI is InChI=1S/C26H30O2/c1-16(27)17-5-7-18(8-6-17)23-15-22-19(14-25(23)28)9-10-21-20(22)11-13-26(2)12-3-4-24(21)26/h5-8,14,21,23-24H,3-4,9-13,15H2,1-2H3/t21-,23?,24+,26+/m1/s1.